The van der Waals surface area contributed by atoms with Crippen molar-refractivity contribution in [3.63, 3.8) is 0 Å². The highest BCUT2D eigenvalue weighted by molar-refractivity contribution is 5.56. The van der Waals surface area contributed by atoms with E-state index in [1.807, 2.05) is 7.05 Å². The molecular formula is C12H13FN2O. The lowest BCUT2D eigenvalue weighted by Gasteiger charge is -2.01. The van der Waals surface area contributed by atoms with Gasteiger partial charge in [-0.1, -0.05) is 12.1 Å². The fraction of sp³-hybridized carbons (Fsp3) is 0.250. The quantitative estimate of drug-likeness (QED) is 0.856. The molecule has 0 unspecified atom stereocenters. The number of aliphatic hydroxyl groups excluding tert-OH is 1. The lowest BCUT2D eigenvalue weighted by molar-refractivity contribution is 0.298. The highest BCUT2D eigenvalue weighted by Gasteiger charge is 2.10. The fourth-order valence-electron chi connectivity index (χ4n) is 1.66. The molecule has 0 atom stereocenters. The maximum Gasteiger partial charge on any atom is 0.142 e. The van der Waals surface area contributed by atoms with Crippen LogP contribution in [0.3, 0.4) is 0 Å². The molecule has 1 heterocycles. The van der Waals surface area contributed by atoms with Crippen molar-refractivity contribution >= 4 is 0 Å². The van der Waals surface area contributed by atoms with Gasteiger partial charge in [-0.2, -0.15) is 0 Å². The molecule has 2 rings (SSSR count). The molecule has 0 fully saturated rings. The lowest BCUT2D eigenvalue weighted by Crippen LogP contribution is -1.93. The van der Waals surface area contributed by atoms with Crippen LogP contribution in [-0.2, 0) is 13.5 Å². The lowest BCUT2D eigenvalue weighted by atomic mass is 10.2. The van der Waals surface area contributed by atoms with Gasteiger partial charge in [0, 0.05) is 26.3 Å². The zero-order valence-electron chi connectivity index (χ0n) is 9.02. The standard InChI is InChI=1S/C12H13FN2O/c1-15-8-9(6-7-16)14-12(15)10-4-2-3-5-11(10)13/h2-5,8,16H,6-7H2,1H3. The minimum atomic E-state index is -0.285. The van der Waals surface area contributed by atoms with Crippen molar-refractivity contribution in [1.82, 2.24) is 9.55 Å². The highest BCUT2D eigenvalue weighted by atomic mass is 19.1. The molecule has 0 aliphatic carbocycles. The Kier molecular flexibility index (Phi) is 3.01. The molecule has 0 saturated heterocycles. The number of nitrogens with zero attached hydrogens (tertiary/aromatic N) is 2. The molecule has 0 spiro atoms. The van der Waals surface area contributed by atoms with Gasteiger partial charge in [-0.15, -0.1) is 0 Å². The van der Waals surface area contributed by atoms with E-state index in [9.17, 15) is 4.39 Å². The van der Waals surface area contributed by atoms with E-state index < -0.39 is 0 Å². The summed E-state index contributed by atoms with van der Waals surface area (Å²) in [5.41, 5.74) is 1.25. The Bertz CT molecular complexity index is 494. The minimum absolute atomic E-state index is 0.0493. The van der Waals surface area contributed by atoms with E-state index >= 15 is 0 Å². The second kappa shape index (κ2) is 4.45. The van der Waals surface area contributed by atoms with Gasteiger partial charge in [0.2, 0.25) is 0 Å². The molecule has 4 heteroatoms. The first-order valence-corrected chi connectivity index (χ1v) is 5.10. The largest absolute Gasteiger partial charge is 0.396 e. The molecule has 2 aromatic rings. The third-order valence-electron chi connectivity index (χ3n) is 2.41. The van der Waals surface area contributed by atoms with Crippen molar-refractivity contribution in [2.45, 2.75) is 6.42 Å². The SMILES string of the molecule is Cn1cc(CCO)nc1-c1ccccc1F. The summed E-state index contributed by atoms with van der Waals surface area (Å²) in [5.74, 6) is 0.299. The average Bonchev–Trinajstić information content (AvgIpc) is 2.61. The van der Waals surface area contributed by atoms with E-state index in [0.29, 0.717) is 17.8 Å². The Hall–Kier alpha value is -1.68. The minimum Gasteiger partial charge on any atom is -0.396 e. The van der Waals surface area contributed by atoms with E-state index in [-0.39, 0.29) is 12.4 Å². The van der Waals surface area contributed by atoms with Crippen LogP contribution in [0.2, 0.25) is 0 Å². The van der Waals surface area contributed by atoms with Gasteiger partial charge in [-0.3, -0.25) is 0 Å². The topological polar surface area (TPSA) is 38.0 Å². The van der Waals surface area contributed by atoms with E-state index in [4.69, 9.17) is 5.11 Å². The van der Waals surface area contributed by atoms with Crippen molar-refractivity contribution < 1.29 is 9.50 Å². The zero-order chi connectivity index (χ0) is 11.5. The second-order valence-electron chi connectivity index (χ2n) is 3.62. The number of halogens is 1. The summed E-state index contributed by atoms with van der Waals surface area (Å²) in [5, 5.41) is 8.82. The predicted molar refractivity (Wildman–Crippen MR) is 59.4 cm³/mol. The van der Waals surface area contributed by atoms with Crippen molar-refractivity contribution in [3.8, 4) is 11.4 Å². The average molecular weight is 220 g/mol. The van der Waals surface area contributed by atoms with Gasteiger partial charge in [0.25, 0.3) is 0 Å². The van der Waals surface area contributed by atoms with Crippen molar-refractivity contribution in [2.24, 2.45) is 7.05 Å². The van der Waals surface area contributed by atoms with Gasteiger partial charge in [0.05, 0.1) is 11.3 Å². The molecule has 0 aliphatic rings. The van der Waals surface area contributed by atoms with E-state index in [2.05, 4.69) is 4.98 Å². The molecule has 0 aliphatic heterocycles. The molecule has 1 aromatic carbocycles. The third kappa shape index (κ3) is 1.97. The molecule has 0 amide bonds. The number of imidazole rings is 1. The third-order valence-corrected chi connectivity index (χ3v) is 2.41. The monoisotopic (exact) mass is 220 g/mol. The van der Waals surface area contributed by atoms with E-state index in [1.165, 1.54) is 6.07 Å². The number of aliphatic hydroxyl groups is 1. The predicted octanol–water partition coefficient (Wildman–Crippen LogP) is 1.76. The first-order chi connectivity index (χ1) is 7.72. The summed E-state index contributed by atoms with van der Waals surface area (Å²) >= 11 is 0. The summed E-state index contributed by atoms with van der Waals surface area (Å²) in [6.07, 6.45) is 2.29. The van der Waals surface area contributed by atoms with Crippen LogP contribution >= 0.6 is 0 Å². The summed E-state index contributed by atoms with van der Waals surface area (Å²) in [6, 6.07) is 6.53. The van der Waals surface area contributed by atoms with Gasteiger partial charge in [-0.25, -0.2) is 9.37 Å². The first kappa shape index (κ1) is 10.8. The summed E-state index contributed by atoms with van der Waals surface area (Å²) in [4.78, 5) is 4.29. The zero-order valence-corrected chi connectivity index (χ0v) is 9.02. The molecule has 0 radical (unpaired) electrons. The van der Waals surface area contributed by atoms with Crippen LogP contribution in [0.1, 0.15) is 5.69 Å². The summed E-state index contributed by atoms with van der Waals surface area (Å²) in [6.45, 7) is 0.0493. The second-order valence-corrected chi connectivity index (χ2v) is 3.62. The van der Waals surface area contributed by atoms with Crippen LogP contribution in [0.4, 0.5) is 4.39 Å². The number of rotatable bonds is 3. The number of hydrogen-bond acceptors (Lipinski definition) is 2. The van der Waals surface area contributed by atoms with Crippen molar-refractivity contribution in [2.75, 3.05) is 6.61 Å². The molecule has 1 N–H and O–H groups in total. The molecule has 84 valence electrons. The maximum atomic E-state index is 13.5. The molecular weight excluding hydrogens is 207 g/mol. The number of aromatic nitrogens is 2. The Labute approximate surface area is 93.2 Å². The summed E-state index contributed by atoms with van der Waals surface area (Å²) in [7, 11) is 1.82. The Morgan fingerprint density at radius 3 is 2.81 bits per heavy atom. The molecule has 16 heavy (non-hydrogen) atoms. The van der Waals surface area contributed by atoms with Crippen LogP contribution in [-0.4, -0.2) is 21.3 Å². The Morgan fingerprint density at radius 2 is 2.12 bits per heavy atom. The molecule has 1 aromatic heterocycles. The number of hydrogen-bond donors (Lipinski definition) is 1. The van der Waals surface area contributed by atoms with Gasteiger partial charge in [-0.05, 0) is 12.1 Å². The van der Waals surface area contributed by atoms with Crippen LogP contribution in [0.15, 0.2) is 30.5 Å². The van der Waals surface area contributed by atoms with Gasteiger partial charge in [0.1, 0.15) is 11.6 Å². The Balaban J connectivity index is 2.44. The van der Waals surface area contributed by atoms with Gasteiger partial charge in [0.15, 0.2) is 0 Å². The normalized spacial score (nSPS) is 10.7. The van der Waals surface area contributed by atoms with Gasteiger partial charge >= 0.3 is 0 Å². The fourth-order valence-corrected chi connectivity index (χ4v) is 1.66. The van der Waals surface area contributed by atoms with E-state index in [0.717, 1.165) is 5.69 Å². The number of benzene rings is 1. The maximum absolute atomic E-state index is 13.5. The summed E-state index contributed by atoms with van der Waals surface area (Å²) < 4.78 is 15.3. The van der Waals surface area contributed by atoms with E-state index in [1.54, 1.807) is 29.0 Å². The molecule has 3 nitrogen and oxygen atoms in total. The van der Waals surface area contributed by atoms with Crippen LogP contribution in [0.25, 0.3) is 11.4 Å². The molecule has 0 bridgehead atoms. The van der Waals surface area contributed by atoms with Crippen LogP contribution < -0.4 is 0 Å². The smallest absolute Gasteiger partial charge is 0.142 e. The Morgan fingerprint density at radius 1 is 1.38 bits per heavy atom. The van der Waals surface area contributed by atoms with Crippen molar-refractivity contribution in [1.29, 1.82) is 0 Å². The first-order valence-electron chi connectivity index (χ1n) is 5.10. The number of aryl methyl sites for hydroxylation is 1. The van der Waals surface area contributed by atoms with Crippen LogP contribution in [0.5, 0.6) is 0 Å². The van der Waals surface area contributed by atoms with Gasteiger partial charge < -0.3 is 9.67 Å². The highest BCUT2D eigenvalue weighted by Crippen LogP contribution is 2.21. The van der Waals surface area contributed by atoms with Crippen molar-refractivity contribution in [3.05, 3.63) is 42.0 Å². The molecule has 0 saturated carbocycles. The van der Waals surface area contributed by atoms with Crippen LogP contribution in [0, 0.1) is 5.82 Å².